The second kappa shape index (κ2) is 6.21. The lowest BCUT2D eigenvalue weighted by atomic mass is 9.92. The Kier molecular flexibility index (Phi) is 5.22. The van der Waals surface area contributed by atoms with Crippen LogP contribution in [0.5, 0.6) is 0 Å². The van der Waals surface area contributed by atoms with Gasteiger partial charge in [-0.1, -0.05) is 13.8 Å². The van der Waals surface area contributed by atoms with Crippen molar-refractivity contribution in [2.45, 2.75) is 26.7 Å². The fourth-order valence-corrected chi connectivity index (χ4v) is 2.19. The summed E-state index contributed by atoms with van der Waals surface area (Å²) >= 11 is 0. The van der Waals surface area contributed by atoms with Crippen molar-refractivity contribution in [3.8, 4) is 0 Å². The van der Waals surface area contributed by atoms with E-state index in [0.717, 1.165) is 6.42 Å². The van der Waals surface area contributed by atoms with Crippen molar-refractivity contribution in [2.75, 3.05) is 26.2 Å². The predicted molar refractivity (Wildman–Crippen MR) is 63.8 cm³/mol. The van der Waals surface area contributed by atoms with Crippen molar-refractivity contribution < 1.29 is 9.90 Å². The molecule has 0 aromatic carbocycles. The molecule has 16 heavy (non-hydrogen) atoms. The van der Waals surface area contributed by atoms with Gasteiger partial charge in [0, 0.05) is 32.0 Å². The normalized spacial score (nSPS) is 18.7. The van der Waals surface area contributed by atoms with Crippen LogP contribution in [0.4, 0.5) is 0 Å². The molecule has 0 unspecified atom stereocenters. The molecular formula is C12H24N2O2. The van der Waals surface area contributed by atoms with Crippen molar-refractivity contribution in [2.24, 2.45) is 23.5 Å². The molecule has 1 heterocycles. The molecule has 3 N–H and O–H groups in total. The maximum atomic E-state index is 11.8. The number of likely N-dealkylation sites (tertiary alicyclic amines) is 1. The topological polar surface area (TPSA) is 66.6 Å². The van der Waals surface area contributed by atoms with E-state index < -0.39 is 0 Å². The third-order valence-electron chi connectivity index (χ3n) is 3.17. The standard InChI is InChI=1S/C12H24N2O2/c1-9(2)3-10(5-13)4-12(16)14-6-11(7-14)8-15/h9-11,15H,3-8,13H2,1-2H3/t10-/m0/s1. The Balaban J connectivity index is 2.27. The van der Waals surface area contributed by atoms with Crippen LogP contribution in [0.25, 0.3) is 0 Å². The molecule has 1 aliphatic heterocycles. The molecule has 4 nitrogen and oxygen atoms in total. The second-order valence-electron chi connectivity index (χ2n) is 5.28. The fourth-order valence-electron chi connectivity index (χ4n) is 2.19. The van der Waals surface area contributed by atoms with Crippen LogP contribution in [0.15, 0.2) is 0 Å². The van der Waals surface area contributed by atoms with Gasteiger partial charge in [0.25, 0.3) is 0 Å². The van der Waals surface area contributed by atoms with E-state index in [1.807, 2.05) is 4.90 Å². The lowest BCUT2D eigenvalue weighted by molar-refractivity contribution is -0.139. The molecular weight excluding hydrogens is 204 g/mol. The van der Waals surface area contributed by atoms with Crippen LogP contribution in [-0.2, 0) is 4.79 Å². The number of nitrogens with zero attached hydrogens (tertiary/aromatic N) is 1. The van der Waals surface area contributed by atoms with Crippen molar-refractivity contribution >= 4 is 5.91 Å². The first-order valence-corrected chi connectivity index (χ1v) is 6.15. The Morgan fingerprint density at radius 3 is 2.56 bits per heavy atom. The average molecular weight is 228 g/mol. The van der Waals surface area contributed by atoms with E-state index in [9.17, 15) is 4.79 Å². The highest BCUT2D eigenvalue weighted by Gasteiger charge is 2.30. The summed E-state index contributed by atoms with van der Waals surface area (Å²) in [6.07, 6.45) is 1.58. The second-order valence-corrected chi connectivity index (χ2v) is 5.28. The Labute approximate surface area is 97.8 Å². The lowest BCUT2D eigenvalue weighted by Crippen LogP contribution is -2.51. The maximum Gasteiger partial charge on any atom is 0.222 e. The van der Waals surface area contributed by atoms with E-state index in [-0.39, 0.29) is 12.5 Å². The monoisotopic (exact) mass is 228 g/mol. The van der Waals surface area contributed by atoms with Crippen molar-refractivity contribution in [1.82, 2.24) is 4.90 Å². The molecule has 0 saturated carbocycles. The first-order valence-electron chi connectivity index (χ1n) is 6.15. The van der Waals surface area contributed by atoms with E-state index in [1.54, 1.807) is 0 Å². The van der Waals surface area contributed by atoms with E-state index in [4.69, 9.17) is 10.8 Å². The highest BCUT2D eigenvalue weighted by Crippen LogP contribution is 2.20. The number of rotatable bonds is 6. The van der Waals surface area contributed by atoms with Crippen molar-refractivity contribution in [3.63, 3.8) is 0 Å². The number of aliphatic hydroxyl groups excluding tert-OH is 1. The number of carbonyl (C=O) groups is 1. The van der Waals surface area contributed by atoms with E-state index >= 15 is 0 Å². The molecule has 0 radical (unpaired) electrons. The maximum absolute atomic E-state index is 11.8. The van der Waals surface area contributed by atoms with Gasteiger partial charge >= 0.3 is 0 Å². The molecule has 4 heteroatoms. The van der Waals surface area contributed by atoms with Crippen LogP contribution >= 0.6 is 0 Å². The molecule has 94 valence electrons. The van der Waals surface area contributed by atoms with Crippen molar-refractivity contribution in [3.05, 3.63) is 0 Å². The Morgan fingerprint density at radius 1 is 1.50 bits per heavy atom. The average Bonchev–Trinajstić information content (AvgIpc) is 2.14. The highest BCUT2D eigenvalue weighted by molar-refractivity contribution is 5.77. The molecule has 0 aliphatic carbocycles. The van der Waals surface area contributed by atoms with Crippen LogP contribution in [-0.4, -0.2) is 42.2 Å². The number of hydrogen-bond donors (Lipinski definition) is 2. The number of aliphatic hydroxyl groups is 1. The zero-order valence-electron chi connectivity index (χ0n) is 10.4. The lowest BCUT2D eigenvalue weighted by Gasteiger charge is -2.39. The zero-order chi connectivity index (χ0) is 12.1. The molecule has 1 rings (SSSR count). The summed E-state index contributed by atoms with van der Waals surface area (Å²) in [5, 5.41) is 8.87. The molecule has 1 saturated heterocycles. The van der Waals surface area contributed by atoms with Gasteiger partial charge in [-0.15, -0.1) is 0 Å². The highest BCUT2D eigenvalue weighted by atomic mass is 16.3. The van der Waals surface area contributed by atoms with Gasteiger partial charge in [-0.3, -0.25) is 4.79 Å². The summed E-state index contributed by atoms with van der Waals surface area (Å²) in [5.41, 5.74) is 5.67. The number of carbonyl (C=O) groups excluding carboxylic acids is 1. The smallest absolute Gasteiger partial charge is 0.222 e. The van der Waals surface area contributed by atoms with Gasteiger partial charge in [0.2, 0.25) is 5.91 Å². The largest absolute Gasteiger partial charge is 0.396 e. The van der Waals surface area contributed by atoms with Gasteiger partial charge in [-0.2, -0.15) is 0 Å². The van der Waals surface area contributed by atoms with Crippen LogP contribution in [0, 0.1) is 17.8 Å². The quantitative estimate of drug-likeness (QED) is 0.693. The SMILES string of the molecule is CC(C)C[C@H](CN)CC(=O)N1CC(CO)C1. The molecule has 1 amide bonds. The number of hydrogen-bond acceptors (Lipinski definition) is 3. The minimum atomic E-state index is 0.191. The van der Waals surface area contributed by atoms with E-state index in [1.165, 1.54) is 0 Å². The van der Waals surface area contributed by atoms with E-state index in [2.05, 4.69) is 13.8 Å². The van der Waals surface area contributed by atoms with Gasteiger partial charge in [0.1, 0.15) is 0 Å². The Bertz CT molecular complexity index is 225. The summed E-state index contributed by atoms with van der Waals surface area (Å²) in [7, 11) is 0. The summed E-state index contributed by atoms with van der Waals surface area (Å²) in [6.45, 7) is 6.51. The summed E-state index contributed by atoms with van der Waals surface area (Å²) < 4.78 is 0. The number of nitrogens with two attached hydrogens (primary N) is 1. The molecule has 1 atom stereocenters. The fraction of sp³-hybridized carbons (Fsp3) is 0.917. The summed E-state index contributed by atoms with van der Waals surface area (Å²) in [4.78, 5) is 13.6. The minimum absolute atomic E-state index is 0.191. The molecule has 1 aliphatic rings. The van der Waals surface area contributed by atoms with Crippen LogP contribution in [0.3, 0.4) is 0 Å². The first kappa shape index (κ1) is 13.5. The number of amides is 1. The molecule has 1 fully saturated rings. The molecule has 0 bridgehead atoms. The molecule has 0 spiro atoms. The summed E-state index contributed by atoms with van der Waals surface area (Å²) in [5.74, 6) is 1.38. The predicted octanol–water partition coefficient (Wildman–Crippen LogP) is 0.448. The Morgan fingerprint density at radius 2 is 2.12 bits per heavy atom. The van der Waals surface area contributed by atoms with E-state index in [0.29, 0.717) is 43.8 Å². The molecule has 0 aromatic rings. The third-order valence-corrected chi connectivity index (χ3v) is 3.17. The van der Waals surface area contributed by atoms with Crippen LogP contribution in [0.1, 0.15) is 26.7 Å². The zero-order valence-corrected chi connectivity index (χ0v) is 10.4. The third kappa shape index (κ3) is 3.76. The van der Waals surface area contributed by atoms with Gasteiger partial charge < -0.3 is 15.7 Å². The first-order chi connectivity index (χ1) is 7.56. The molecule has 0 aromatic heterocycles. The van der Waals surface area contributed by atoms with Crippen LogP contribution < -0.4 is 5.73 Å². The van der Waals surface area contributed by atoms with Gasteiger partial charge in [-0.05, 0) is 24.8 Å². The summed E-state index contributed by atoms with van der Waals surface area (Å²) in [6, 6.07) is 0. The van der Waals surface area contributed by atoms with Crippen molar-refractivity contribution in [1.29, 1.82) is 0 Å². The van der Waals surface area contributed by atoms with Gasteiger partial charge in [0.05, 0.1) is 0 Å². The van der Waals surface area contributed by atoms with Gasteiger partial charge in [-0.25, -0.2) is 0 Å². The van der Waals surface area contributed by atoms with Crippen LogP contribution in [0.2, 0.25) is 0 Å². The van der Waals surface area contributed by atoms with Gasteiger partial charge in [0.15, 0.2) is 0 Å². The minimum Gasteiger partial charge on any atom is -0.396 e. The Hall–Kier alpha value is -0.610.